The zero-order valence-electron chi connectivity index (χ0n) is 12.1. The summed E-state index contributed by atoms with van der Waals surface area (Å²) in [6, 6.07) is 0.395. The van der Waals surface area contributed by atoms with Crippen molar-refractivity contribution in [3.63, 3.8) is 0 Å². The number of rotatable bonds is 3. The van der Waals surface area contributed by atoms with Gasteiger partial charge in [-0.05, 0) is 30.7 Å². The van der Waals surface area contributed by atoms with Gasteiger partial charge in [0.25, 0.3) is 0 Å². The molecule has 24 heavy (non-hydrogen) atoms. The average Bonchev–Trinajstić information content (AvgIpc) is 2.47. The minimum atomic E-state index is -4.91. The summed E-state index contributed by atoms with van der Waals surface area (Å²) in [5.41, 5.74) is -3.02. The molecule has 1 atom stereocenters. The van der Waals surface area contributed by atoms with E-state index in [4.69, 9.17) is 5.11 Å². The van der Waals surface area contributed by atoms with E-state index in [1.165, 1.54) is 6.92 Å². The fourth-order valence-electron chi connectivity index (χ4n) is 1.90. The van der Waals surface area contributed by atoms with Gasteiger partial charge < -0.3 is 10.4 Å². The van der Waals surface area contributed by atoms with Crippen molar-refractivity contribution in [3.05, 3.63) is 47.3 Å². The molecule has 2 aromatic rings. The summed E-state index contributed by atoms with van der Waals surface area (Å²) >= 11 is 0. The van der Waals surface area contributed by atoms with E-state index in [1.807, 2.05) is 0 Å². The van der Waals surface area contributed by atoms with Crippen LogP contribution >= 0.6 is 0 Å². The van der Waals surface area contributed by atoms with E-state index in [1.54, 1.807) is 0 Å². The lowest BCUT2D eigenvalue weighted by Gasteiger charge is -2.19. The number of hydrogen-bond donors (Lipinski definition) is 2. The minimum Gasteiger partial charge on any atom is -0.505 e. The standard InChI is InChI=1S/C14H11F6N3O/c1-7(23-12-21-5-11(24)6-22-12)8-2-9(13(15,16)17)4-10(3-8)14(18,19)20/h2-7,24H,1H3,(H,21,22,23)/t7-/m0/s1. The van der Waals surface area contributed by atoms with Gasteiger partial charge in [0.1, 0.15) is 0 Å². The molecule has 0 spiro atoms. The predicted octanol–water partition coefficient (Wildman–Crippen LogP) is 4.39. The molecule has 0 bridgehead atoms. The van der Waals surface area contributed by atoms with Crippen LogP contribution < -0.4 is 5.32 Å². The van der Waals surface area contributed by atoms with E-state index in [0.29, 0.717) is 12.1 Å². The first-order chi connectivity index (χ1) is 11.0. The Hall–Kier alpha value is -2.52. The Bertz CT molecular complexity index is 680. The number of benzene rings is 1. The maximum absolute atomic E-state index is 12.8. The van der Waals surface area contributed by atoms with Gasteiger partial charge in [0.05, 0.1) is 29.6 Å². The molecule has 10 heteroatoms. The first-order valence-electron chi connectivity index (χ1n) is 6.54. The lowest BCUT2D eigenvalue weighted by Crippen LogP contribution is -2.15. The molecule has 0 aliphatic rings. The van der Waals surface area contributed by atoms with E-state index < -0.39 is 29.5 Å². The highest BCUT2D eigenvalue weighted by Crippen LogP contribution is 2.37. The predicted molar refractivity (Wildman–Crippen MR) is 72.2 cm³/mol. The monoisotopic (exact) mass is 351 g/mol. The van der Waals surface area contributed by atoms with Crippen LogP contribution in [0.1, 0.15) is 29.7 Å². The summed E-state index contributed by atoms with van der Waals surface area (Å²) in [5, 5.41) is 11.6. The second-order valence-electron chi connectivity index (χ2n) is 4.97. The first-order valence-corrected chi connectivity index (χ1v) is 6.54. The Morgan fingerprint density at radius 2 is 1.38 bits per heavy atom. The Kier molecular flexibility index (Phi) is 4.59. The molecule has 4 nitrogen and oxygen atoms in total. The number of hydrogen-bond acceptors (Lipinski definition) is 4. The molecule has 130 valence electrons. The smallest absolute Gasteiger partial charge is 0.416 e. The third-order valence-electron chi connectivity index (χ3n) is 3.09. The van der Waals surface area contributed by atoms with Gasteiger partial charge in [0.15, 0.2) is 5.75 Å². The molecule has 0 saturated carbocycles. The SMILES string of the molecule is C[C@H](Nc1ncc(O)cn1)c1cc(C(F)(F)F)cc(C(F)(F)F)c1. The summed E-state index contributed by atoms with van der Waals surface area (Å²) in [6.07, 6.45) is -7.75. The van der Waals surface area contributed by atoms with Crippen molar-refractivity contribution in [1.82, 2.24) is 9.97 Å². The average molecular weight is 351 g/mol. The number of anilines is 1. The van der Waals surface area contributed by atoms with Crippen LogP contribution in [0.2, 0.25) is 0 Å². The normalized spacial score (nSPS) is 13.6. The van der Waals surface area contributed by atoms with Crippen LogP contribution in [0.15, 0.2) is 30.6 Å². The minimum absolute atomic E-state index is 0.0497. The number of halogens is 6. The summed E-state index contributed by atoms with van der Waals surface area (Å²) in [5.74, 6) is -0.280. The molecule has 0 aliphatic carbocycles. The quantitative estimate of drug-likeness (QED) is 0.805. The molecule has 0 fully saturated rings. The molecule has 0 amide bonds. The van der Waals surface area contributed by atoms with Gasteiger partial charge in [-0.15, -0.1) is 0 Å². The topological polar surface area (TPSA) is 58.0 Å². The van der Waals surface area contributed by atoms with Crippen molar-refractivity contribution in [2.75, 3.05) is 5.32 Å². The van der Waals surface area contributed by atoms with Crippen LogP contribution in [0.5, 0.6) is 5.75 Å². The van der Waals surface area contributed by atoms with E-state index in [0.717, 1.165) is 12.4 Å². The van der Waals surface area contributed by atoms with Gasteiger partial charge >= 0.3 is 12.4 Å². The van der Waals surface area contributed by atoms with Crippen LogP contribution in [0, 0.1) is 0 Å². The molecule has 1 heterocycles. The molecule has 0 aliphatic heterocycles. The van der Waals surface area contributed by atoms with Crippen LogP contribution in [-0.2, 0) is 12.4 Å². The van der Waals surface area contributed by atoms with Gasteiger partial charge in [-0.2, -0.15) is 26.3 Å². The third kappa shape index (κ3) is 4.27. The van der Waals surface area contributed by atoms with Crippen LogP contribution in [0.4, 0.5) is 32.3 Å². The number of aromatic nitrogens is 2. The molecule has 2 rings (SSSR count). The molecule has 2 N–H and O–H groups in total. The third-order valence-corrected chi connectivity index (χ3v) is 3.09. The highest BCUT2D eigenvalue weighted by molar-refractivity contribution is 5.39. The van der Waals surface area contributed by atoms with Crippen molar-refractivity contribution in [1.29, 1.82) is 0 Å². The summed E-state index contributed by atoms with van der Waals surface area (Å²) in [6.45, 7) is 1.37. The fourth-order valence-corrected chi connectivity index (χ4v) is 1.90. The van der Waals surface area contributed by atoms with Crippen molar-refractivity contribution in [2.24, 2.45) is 0 Å². The maximum atomic E-state index is 12.8. The van der Waals surface area contributed by atoms with E-state index in [-0.39, 0.29) is 23.3 Å². The molecule has 0 saturated heterocycles. The Morgan fingerprint density at radius 3 is 1.79 bits per heavy atom. The van der Waals surface area contributed by atoms with Crippen LogP contribution in [-0.4, -0.2) is 15.1 Å². The highest BCUT2D eigenvalue weighted by Gasteiger charge is 2.37. The van der Waals surface area contributed by atoms with Crippen molar-refractivity contribution >= 4 is 5.95 Å². The lowest BCUT2D eigenvalue weighted by atomic mass is 10.0. The van der Waals surface area contributed by atoms with Gasteiger partial charge in [-0.25, -0.2) is 9.97 Å². The van der Waals surface area contributed by atoms with E-state index >= 15 is 0 Å². The maximum Gasteiger partial charge on any atom is 0.416 e. The molecule has 0 unspecified atom stereocenters. The van der Waals surface area contributed by atoms with Crippen molar-refractivity contribution < 1.29 is 31.4 Å². The Balaban J connectivity index is 2.38. The highest BCUT2D eigenvalue weighted by atomic mass is 19.4. The summed E-state index contributed by atoms with van der Waals surface area (Å²) < 4.78 is 77.0. The van der Waals surface area contributed by atoms with Crippen LogP contribution in [0.25, 0.3) is 0 Å². The van der Waals surface area contributed by atoms with Gasteiger partial charge in [0.2, 0.25) is 5.95 Å². The largest absolute Gasteiger partial charge is 0.505 e. The zero-order chi connectivity index (χ0) is 18.1. The number of nitrogens with one attached hydrogen (secondary N) is 1. The first kappa shape index (κ1) is 17.8. The fraction of sp³-hybridized carbons (Fsp3) is 0.286. The van der Waals surface area contributed by atoms with Gasteiger partial charge in [-0.1, -0.05) is 0 Å². The number of nitrogens with zero attached hydrogens (tertiary/aromatic N) is 2. The Labute approximate surface area is 132 Å². The second kappa shape index (κ2) is 6.17. The second-order valence-corrected chi connectivity index (χ2v) is 4.97. The van der Waals surface area contributed by atoms with Gasteiger partial charge in [-0.3, -0.25) is 0 Å². The zero-order valence-corrected chi connectivity index (χ0v) is 12.1. The molecule has 1 aromatic heterocycles. The van der Waals surface area contributed by atoms with E-state index in [2.05, 4.69) is 15.3 Å². The van der Waals surface area contributed by atoms with Crippen LogP contribution in [0.3, 0.4) is 0 Å². The molecule has 1 aromatic carbocycles. The number of alkyl halides is 6. The summed E-state index contributed by atoms with van der Waals surface area (Å²) in [4.78, 5) is 7.34. The summed E-state index contributed by atoms with van der Waals surface area (Å²) in [7, 11) is 0. The molecule has 0 radical (unpaired) electrons. The lowest BCUT2D eigenvalue weighted by molar-refractivity contribution is -0.143. The van der Waals surface area contributed by atoms with Crippen molar-refractivity contribution in [2.45, 2.75) is 25.3 Å². The molecular weight excluding hydrogens is 340 g/mol. The Morgan fingerprint density at radius 1 is 0.917 bits per heavy atom. The van der Waals surface area contributed by atoms with E-state index in [9.17, 15) is 26.3 Å². The van der Waals surface area contributed by atoms with Gasteiger partial charge in [0, 0.05) is 0 Å². The molecular formula is C14H11F6N3O. The van der Waals surface area contributed by atoms with Crippen molar-refractivity contribution in [3.8, 4) is 5.75 Å². The number of aromatic hydroxyl groups is 1.